The van der Waals surface area contributed by atoms with Crippen LogP contribution in [0.5, 0.6) is 0 Å². The Bertz CT molecular complexity index is 613. The molecule has 0 fully saturated rings. The number of amides is 1. The molecule has 1 N–H and O–H groups in total. The van der Waals surface area contributed by atoms with Crippen molar-refractivity contribution in [1.82, 2.24) is 15.5 Å². The van der Waals surface area contributed by atoms with Crippen LogP contribution in [0.25, 0.3) is 0 Å². The van der Waals surface area contributed by atoms with Crippen LogP contribution < -0.4 is 5.32 Å². The molecule has 0 saturated carbocycles. The van der Waals surface area contributed by atoms with Crippen molar-refractivity contribution in [2.45, 2.75) is 19.9 Å². The lowest BCUT2D eigenvalue weighted by atomic mass is 10.2. The van der Waals surface area contributed by atoms with Gasteiger partial charge in [-0.15, -0.1) is 0 Å². The number of nitrogens with one attached hydrogen (secondary N) is 1. The first-order valence-corrected chi connectivity index (χ1v) is 6.29. The Labute approximate surface area is 119 Å². The quantitative estimate of drug-likeness (QED) is 0.945. The van der Waals surface area contributed by atoms with Gasteiger partial charge in [0.25, 0.3) is 5.91 Å². The molecule has 2 aromatic rings. The molecule has 0 unspecified atom stereocenters. The van der Waals surface area contributed by atoms with Crippen LogP contribution in [-0.2, 0) is 0 Å². The minimum atomic E-state index is -0.413. The lowest BCUT2D eigenvalue weighted by Gasteiger charge is -2.11. The molecular formula is C12H11Cl2N3O2. The van der Waals surface area contributed by atoms with Gasteiger partial charge in [0, 0.05) is 0 Å². The maximum atomic E-state index is 12.1. The van der Waals surface area contributed by atoms with Crippen molar-refractivity contribution < 1.29 is 9.32 Å². The summed E-state index contributed by atoms with van der Waals surface area (Å²) in [5, 5.41) is 6.93. The molecule has 1 aromatic carbocycles. The van der Waals surface area contributed by atoms with Crippen molar-refractivity contribution in [2.24, 2.45) is 0 Å². The molecule has 0 saturated heterocycles. The van der Waals surface area contributed by atoms with E-state index in [0.29, 0.717) is 22.3 Å². The molecule has 1 atom stereocenters. The number of carbonyl (C=O) groups is 1. The molecule has 100 valence electrons. The summed E-state index contributed by atoms with van der Waals surface area (Å²) in [6, 6.07) is 4.45. The summed E-state index contributed by atoms with van der Waals surface area (Å²) in [7, 11) is 0. The summed E-state index contributed by atoms with van der Waals surface area (Å²) in [6.07, 6.45) is 0. The van der Waals surface area contributed by atoms with Gasteiger partial charge in [0.15, 0.2) is 5.82 Å². The second kappa shape index (κ2) is 5.59. The minimum Gasteiger partial charge on any atom is -0.340 e. The lowest BCUT2D eigenvalue weighted by molar-refractivity contribution is 0.0932. The van der Waals surface area contributed by atoms with E-state index in [1.165, 1.54) is 0 Å². The van der Waals surface area contributed by atoms with Crippen LogP contribution >= 0.6 is 23.2 Å². The molecule has 0 radical (unpaired) electrons. The number of benzene rings is 1. The van der Waals surface area contributed by atoms with Crippen LogP contribution in [-0.4, -0.2) is 16.0 Å². The zero-order valence-electron chi connectivity index (χ0n) is 10.3. The van der Waals surface area contributed by atoms with E-state index in [-0.39, 0.29) is 10.9 Å². The Morgan fingerprint density at radius 1 is 1.42 bits per heavy atom. The molecule has 1 heterocycles. The highest BCUT2D eigenvalue weighted by molar-refractivity contribution is 6.43. The number of aryl methyl sites for hydroxylation is 1. The van der Waals surface area contributed by atoms with Crippen molar-refractivity contribution >= 4 is 29.1 Å². The third-order valence-electron chi connectivity index (χ3n) is 2.46. The number of hydrogen-bond donors (Lipinski definition) is 1. The van der Waals surface area contributed by atoms with E-state index >= 15 is 0 Å². The third kappa shape index (κ3) is 3.05. The molecule has 0 aliphatic rings. The Balaban J connectivity index is 2.15. The Morgan fingerprint density at radius 2 is 2.16 bits per heavy atom. The molecule has 7 heteroatoms. The summed E-state index contributed by atoms with van der Waals surface area (Å²) in [4.78, 5) is 16.1. The summed E-state index contributed by atoms with van der Waals surface area (Å²) in [5.41, 5.74) is 0.303. The van der Waals surface area contributed by atoms with Gasteiger partial charge in [-0.05, 0) is 26.0 Å². The smallest absolute Gasteiger partial charge is 0.253 e. The average Bonchev–Trinajstić information content (AvgIpc) is 2.79. The largest absolute Gasteiger partial charge is 0.340 e. The Morgan fingerprint density at radius 3 is 2.79 bits per heavy atom. The van der Waals surface area contributed by atoms with Gasteiger partial charge in [0.1, 0.15) is 6.04 Å². The number of aromatic nitrogens is 2. The van der Waals surface area contributed by atoms with Gasteiger partial charge in [-0.3, -0.25) is 4.79 Å². The number of nitrogens with zero attached hydrogens (tertiary/aromatic N) is 2. The molecule has 0 spiro atoms. The van der Waals surface area contributed by atoms with E-state index in [9.17, 15) is 4.79 Å². The van der Waals surface area contributed by atoms with Crippen LogP contribution in [0.1, 0.15) is 35.0 Å². The van der Waals surface area contributed by atoms with Crippen molar-refractivity contribution in [3.8, 4) is 0 Å². The van der Waals surface area contributed by atoms with Crippen molar-refractivity contribution in [3.63, 3.8) is 0 Å². The van der Waals surface area contributed by atoms with E-state index in [4.69, 9.17) is 27.7 Å². The fraction of sp³-hybridized carbons (Fsp3) is 0.250. The zero-order chi connectivity index (χ0) is 14.0. The van der Waals surface area contributed by atoms with Gasteiger partial charge >= 0.3 is 0 Å². The lowest BCUT2D eigenvalue weighted by Crippen LogP contribution is -2.27. The van der Waals surface area contributed by atoms with Gasteiger partial charge in [0.05, 0.1) is 15.6 Å². The number of hydrogen-bond acceptors (Lipinski definition) is 4. The maximum absolute atomic E-state index is 12.1. The van der Waals surface area contributed by atoms with Crippen LogP contribution in [0.2, 0.25) is 10.0 Å². The van der Waals surface area contributed by atoms with Crippen LogP contribution in [0, 0.1) is 6.92 Å². The van der Waals surface area contributed by atoms with E-state index in [0.717, 1.165) is 0 Å². The average molecular weight is 300 g/mol. The second-order valence-electron chi connectivity index (χ2n) is 3.98. The second-order valence-corrected chi connectivity index (χ2v) is 4.76. The first kappa shape index (κ1) is 13.8. The highest BCUT2D eigenvalue weighted by Crippen LogP contribution is 2.25. The SMILES string of the molecule is Cc1noc([C@@H](C)NC(=O)c2cccc(Cl)c2Cl)n1. The first-order chi connectivity index (χ1) is 8.99. The molecule has 1 amide bonds. The molecular weight excluding hydrogens is 289 g/mol. The summed E-state index contributed by atoms with van der Waals surface area (Å²) in [5.74, 6) is 0.497. The van der Waals surface area contributed by atoms with Gasteiger partial charge < -0.3 is 9.84 Å². The van der Waals surface area contributed by atoms with E-state index in [2.05, 4.69) is 15.5 Å². The molecule has 0 aliphatic carbocycles. The van der Waals surface area contributed by atoms with Gasteiger partial charge in [-0.1, -0.05) is 34.4 Å². The normalized spacial score (nSPS) is 12.2. The Hall–Kier alpha value is -1.59. The van der Waals surface area contributed by atoms with Crippen LogP contribution in [0.15, 0.2) is 22.7 Å². The van der Waals surface area contributed by atoms with Gasteiger partial charge in [0.2, 0.25) is 5.89 Å². The molecule has 5 nitrogen and oxygen atoms in total. The molecule has 0 aliphatic heterocycles. The Kier molecular flexibility index (Phi) is 4.07. The van der Waals surface area contributed by atoms with Gasteiger partial charge in [-0.2, -0.15) is 4.98 Å². The standard InChI is InChI=1S/C12H11Cl2N3O2/c1-6(12-16-7(2)17-19-12)15-11(18)8-4-3-5-9(13)10(8)14/h3-6H,1-2H3,(H,15,18)/t6-/m1/s1. The summed E-state index contributed by atoms with van der Waals surface area (Å²) in [6.45, 7) is 3.44. The van der Waals surface area contributed by atoms with Gasteiger partial charge in [-0.25, -0.2) is 0 Å². The fourth-order valence-electron chi connectivity index (χ4n) is 1.50. The minimum absolute atomic E-state index is 0.218. The highest BCUT2D eigenvalue weighted by Gasteiger charge is 2.18. The number of rotatable bonds is 3. The summed E-state index contributed by atoms with van der Waals surface area (Å²) < 4.78 is 4.98. The van der Waals surface area contributed by atoms with Crippen molar-refractivity contribution in [2.75, 3.05) is 0 Å². The monoisotopic (exact) mass is 299 g/mol. The molecule has 19 heavy (non-hydrogen) atoms. The first-order valence-electron chi connectivity index (χ1n) is 5.54. The van der Waals surface area contributed by atoms with E-state index in [1.807, 2.05) is 0 Å². The molecule has 0 bridgehead atoms. The van der Waals surface area contributed by atoms with Crippen molar-refractivity contribution in [1.29, 1.82) is 0 Å². The predicted octanol–water partition coefficient (Wildman–Crippen LogP) is 3.18. The fourth-order valence-corrected chi connectivity index (χ4v) is 1.89. The molecule has 2 rings (SSSR count). The summed E-state index contributed by atoms with van der Waals surface area (Å²) >= 11 is 11.8. The predicted molar refractivity (Wildman–Crippen MR) is 71.4 cm³/mol. The van der Waals surface area contributed by atoms with Crippen LogP contribution in [0.4, 0.5) is 0 Å². The highest BCUT2D eigenvalue weighted by atomic mass is 35.5. The van der Waals surface area contributed by atoms with E-state index in [1.54, 1.807) is 32.0 Å². The topological polar surface area (TPSA) is 68.0 Å². The third-order valence-corrected chi connectivity index (χ3v) is 3.28. The molecule has 1 aromatic heterocycles. The van der Waals surface area contributed by atoms with Crippen LogP contribution in [0.3, 0.4) is 0 Å². The number of carbonyl (C=O) groups excluding carboxylic acids is 1. The number of halogens is 2. The van der Waals surface area contributed by atoms with E-state index < -0.39 is 6.04 Å². The van der Waals surface area contributed by atoms with Crippen molar-refractivity contribution in [3.05, 3.63) is 45.5 Å². The maximum Gasteiger partial charge on any atom is 0.253 e. The zero-order valence-corrected chi connectivity index (χ0v) is 11.8.